The standard InChI is InChI=1S/C13H14N2OS/c16-8-9-17-13(11-4-2-1-3-5-11)12-6-7-14-10-15-12/h1-7,10,13,16H,8-9H2. The molecule has 1 unspecified atom stereocenters. The minimum absolute atomic E-state index is 0.159. The van der Waals surface area contributed by atoms with E-state index < -0.39 is 0 Å². The van der Waals surface area contributed by atoms with Crippen molar-refractivity contribution in [2.75, 3.05) is 12.4 Å². The van der Waals surface area contributed by atoms with Crippen LogP contribution in [0.5, 0.6) is 0 Å². The molecule has 1 N–H and O–H groups in total. The van der Waals surface area contributed by atoms with Crippen molar-refractivity contribution in [1.29, 1.82) is 0 Å². The Morgan fingerprint density at radius 1 is 1.18 bits per heavy atom. The van der Waals surface area contributed by atoms with Gasteiger partial charge < -0.3 is 5.11 Å². The van der Waals surface area contributed by atoms with E-state index in [1.807, 2.05) is 24.3 Å². The Hall–Kier alpha value is -1.39. The average Bonchev–Trinajstić information content (AvgIpc) is 2.42. The lowest BCUT2D eigenvalue weighted by Gasteiger charge is -2.15. The van der Waals surface area contributed by atoms with Crippen LogP contribution in [0.3, 0.4) is 0 Å². The molecule has 0 aliphatic carbocycles. The number of hydrogen-bond donors (Lipinski definition) is 1. The van der Waals surface area contributed by atoms with Crippen LogP contribution in [0, 0.1) is 0 Å². The molecule has 88 valence electrons. The second-order valence-corrected chi connectivity index (χ2v) is 4.73. The maximum Gasteiger partial charge on any atom is 0.115 e. The normalized spacial score (nSPS) is 12.3. The Morgan fingerprint density at radius 3 is 2.65 bits per heavy atom. The van der Waals surface area contributed by atoms with E-state index in [9.17, 15) is 0 Å². The first-order valence-corrected chi connectivity index (χ1v) is 6.50. The number of hydrogen-bond acceptors (Lipinski definition) is 4. The Bertz CT molecular complexity index is 396. The molecule has 0 amide bonds. The van der Waals surface area contributed by atoms with Crippen molar-refractivity contribution < 1.29 is 5.11 Å². The predicted octanol–water partition coefficient (Wildman–Crippen LogP) is 2.29. The summed E-state index contributed by atoms with van der Waals surface area (Å²) in [4.78, 5) is 8.23. The van der Waals surface area contributed by atoms with E-state index in [0.29, 0.717) is 5.75 Å². The third-order valence-electron chi connectivity index (χ3n) is 2.35. The fourth-order valence-corrected chi connectivity index (χ4v) is 2.61. The second kappa shape index (κ2) is 6.37. The molecule has 2 aromatic rings. The van der Waals surface area contributed by atoms with Crippen molar-refractivity contribution in [3.63, 3.8) is 0 Å². The first-order chi connectivity index (χ1) is 8.42. The topological polar surface area (TPSA) is 46.0 Å². The van der Waals surface area contributed by atoms with Gasteiger partial charge in [0.1, 0.15) is 6.33 Å². The molecule has 0 fully saturated rings. The van der Waals surface area contributed by atoms with Gasteiger partial charge in [-0.1, -0.05) is 30.3 Å². The summed E-state index contributed by atoms with van der Waals surface area (Å²) in [6, 6.07) is 12.1. The van der Waals surface area contributed by atoms with Gasteiger partial charge in [-0.25, -0.2) is 9.97 Å². The van der Waals surface area contributed by atoms with Gasteiger partial charge in [0, 0.05) is 11.9 Å². The lowest BCUT2D eigenvalue weighted by molar-refractivity contribution is 0.322. The summed E-state index contributed by atoms with van der Waals surface area (Å²) < 4.78 is 0. The Kier molecular flexibility index (Phi) is 4.53. The highest BCUT2D eigenvalue weighted by atomic mass is 32.2. The zero-order valence-electron chi connectivity index (χ0n) is 9.36. The van der Waals surface area contributed by atoms with Crippen molar-refractivity contribution in [2.24, 2.45) is 0 Å². The van der Waals surface area contributed by atoms with E-state index in [1.165, 1.54) is 5.56 Å². The van der Waals surface area contributed by atoms with Crippen molar-refractivity contribution in [3.8, 4) is 0 Å². The number of aliphatic hydroxyl groups excluding tert-OH is 1. The highest BCUT2D eigenvalue weighted by Crippen LogP contribution is 2.33. The number of benzene rings is 1. The molecule has 1 heterocycles. The third-order valence-corrected chi connectivity index (χ3v) is 3.62. The maximum atomic E-state index is 8.96. The first kappa shape index (κ1) is 12.1. The van der Waals surface area contributed by atoms with Crippen LogP contribution >= 0.6 is 11.8 Å². The highest BCUT2D eigenvalue weighted by molar-refractivity contribution is 7.99. The van der Waals surface area contributed by atoms with Gasteiger partial charge >= 0.3 is 0 Å². The van der Waals surface area contributed by atoms with E-state index in [1.54, 1.807) is 24.3 Å². The summed E-state index contributed by atoms with van der Waals surface area (Å²) in [7, 11) is 0. The monoisotopic (exact) mass is 246 g/mol. The Labute approximate surface area is 105 Å². The van der Waals surface area contributed by atoms with Crippen LogP contribution in [0.1, 0.15) is 16.5 Å². The molecule has 0 saturated heterocycles. The quantitative estimate of drug-likeness (QED) is 0.879. The SMILES string of the molecule is OCCSC(c1ccccc1)c1ccncn1. The van der Waals surface area contributed by atoms with E-state index in [2.05, 4.69) is 22.1 Å². The van der Waals surface area contributed by atoms with Crippen molar-refractivity contribution in [2.45, 2.75) is 5.25 Å². The summed E-state index contributed by atoms with van der Waals surface area (Å²) in [5.41, 5.74) is 2.18. The second-order valence-electron chi connectivity index (χ2n) is 3.52. The van der Waals surface area contributed by atoms with Crippen LogP contribution in [0.4, 0.5) is 0 Å². The van der Waals surface area contributed by atoms with E-state index in [-0.39, 0.29) is 11.9 Å². The fourth-order valence-electron chi connectivity index (χ4n) is 1.61. The van der Waals surface area contributed by atoms with Crippen LogP contribution in [-0.2, 0) is 0 Å². The van der Waals surface area contributed by atoms with Crippen molar-refractivity contribution in [3.05, 3.63) is 60.2 Å². The molecule has 1 aromatic heterocycles. The van der Waals surface area contributed by atoms with E-state index in [0.717, 1.165) is 5.69 Å². The fraction of sp³-hybridized carbons (Fsp3) is 0.231. The van der Waals surface area contributed by atoms with Crippen LogP contribution in [0.2, 0.25) is 0 Å². The van der Waals surface area contributed by atoms with Gasteiger partial charge in [-0.3, -0.25) is 0 Å². The maximum absolute atomic E-state index is 8.96. The molecule has 3 nitrogen and oxygen atoms in total. The molecule has 0 bridgehead atoms. The molecule has 1 aromatic carbocycles. The summed E-state index contributed by atoms with van der Waals surface area (Å²) >= 11 is 1.69. The third kappa shape index (κ3) is 3.28. The number of thioether (sulfide) groups is 1. The minimum Gasteiger partial charge on any atom is -0.396 e. The molecule has 17 heavy (non-hydrogen) atoms. The Morgan fingerprint density at radius 2 is 2.00 bits per heavy atom. The average molecular weight is 246 g/mol. The van der Waals surface area contributed by atoms with Crippen molar-refractivity contribution in [1.82, 2.24) is 9.97 Å². The molecule has 0 radical (unpaired) electrons. The molecule has 4 heteroatoms. The van der Waals surface area contributed by atoms with Crippen LogP contribution in [0.25, 0.3) is 0 Å². The summed E-state index contributed by atoms with van der Waals surface area (Å²) in [6.45, 7) is 0.180. The Balaban J connectivity index is 2.26. The number of rotatable bonds is 5. The molecule has 0 saturated carbocycles. The molecule has 0 spiro atoms. The van der Waals surface area contributed by atoms with Gasteiger partial charge in [0.05, 0.1) is 17.6 Å². The smallest absolute Gasteiger partial charge is 0.115 e. The molecule has 0 aliphatic heterocycles. The van der Waals surface area contributed by atoms with Crippen LogP contribution in [-0.4, -0.2) is 27.4 Å². The largest absolute Gasteiger partial charge is 0.396 e. The van der Waals surface area contributed by atoms with Gasteiger partial charge in [0.2, 0.25) is 0 Å². The number of aromatic nitrogens is 2. The van der Waals surface area contributed by atoms with Gasteiger partial charge in [-0.15, -0.1) is 11.8 Å². The zero-order valence-corrected chi connectivity index (χ0v) is 10.2. The lowest BCUT2D eigenvalue weighted by atomic mass is 10.1. The van der Waals surface area contributed by atoms with E-state index >= 15 is 0 Å². The number of nitrogens with zero attached hydrogens (tertiary/aromatic N) is 2. The molecular formula is C13H14N2OS. The molecule has 0 aliphatic rings. The predicted molar refractivity (Wildman–Crippen MR) is 69.9 cm³/mol. The number of aliphatic hydroxyl groups is 1. The van der Waals surface area contributed by atoms with Gasteiger partial charge in [-0.2, -0.15) is 0 Å². The molecule has 2 rings (SSSR count). The van der Waals surface area contributed by atoms with E-state index in [4.69, 9.17) is 5.11 Å². The highest BCUT2D eigenvalue weighted by Gasteiger charge is 2.15. The summed E-state index contributed by atoms with van der Waals surface area (Å²) in [5.74, 6) is 0.698. The minimum atomic E-state index is 0.159. The summed E-state index contributed by atoms with van der Waals surface area (Å²) in [6.07, 6.45) is 3.31. The van der Waals surface area contributed by atoms with Crippen LogP contribution in [0.15, 0.2) is 48.9 Å². The van der Waals surface area contributed by atoms with Crippen LogP contribution < -0.4 is 0 Å². The summed E-state index contributed by atoms with van der Waals surface area (Å²) in [5, 5.41) is 9.11. The molecular weight excluding hydrogens is 232 g/mol. The van der Waals surface area contributed by atoms with Gasteiger partial charge in [-0.05, 0) is 11.6 Å². The lowest BCUT2D eigenvalue weighted by Crippen LogP contribution is -2.02. The zero-order chi connectivity index (χ0) is 11.9. The van der Waals surface area contributed by atoms with Gasteiger partial charge in [0.25, 0.3) is 0 Å². The first-order valence-electron chi connectivity index (χ1n) is 5.45. The van der Waals surface area contributed by atoms with Gasteiger partial charge in [0.15, 0.2) is 0 Å². The van der Waals surface area contributed by atoms with Crippen molar-refractivity contribution >= 4 is 11.8 Å². The molecule has 1 atom stereocenters.